The Bertz CT molecular complexity index is 1530. The highest BCUT2D eigenvalue weighted by Gasteiger charge is 2.21. The van der Waals surface area contributed by atoms with Gasteiger partial charge in [-0.05, 0) is 62.8 Å². The summed E-state index contributed by atoms with van der Waals surface area (Å²) in [4.78, 5) is 14.7. The number of unbranched alkanes of at least 4 members (excludes halogenated alkanes) is 5. The van der Waals surface area contributed by atoms with Crippen molar-refractivity contribution < 1.29 is 19.7 Å². The first-order valence-electron chi connectivity index (χ1n) is 16.7. The van der Waals surface area contributed by atoms with Gasteiger partial charge in [-0.25, -0.2) is 15.0 Å². The molecule has 246 valence electrons. The second-order valence-corrected chi connectivity index (χ2v) is 12.8. The third kappa shape index (κ3) is 9.36. The summed E-state index contributed by atoms with van der Waals surface area (Å²) in [7, 11) is 0. The molecule has 1 unspecified atom stereocenters. The number of aryl methyl sites for hydroxylation is 4. The molecule has 0 saturated carbocycles. The van der Waals surface area contributed by atoms with Crippen LogP contribution in [-0.4, -0.2) is 51.1 Å². The standard InChI is InChI=1S/C39H51N3O4/c1-8-9-10-11-12-13-18-45-23-30(43)24-46-36-22-35(44)34(21-33(36)25(2)3)39-41-37(31-16-14-26(4)19-28(31)6)40-38(42-39)32-17-15-27(5)20-29(32)7/h14-17,19-22,25,30,43-44H,8-13,18,23-24H2,1-7H3. The van der Waals surface area contributed by atoms with Gasteiger partial charge < -0.3 is 19.7 Å². The molecular formula is C39H51N3O4. The number of benzene rings is 3. The zero-order valence-corrected chi connectivity index (χ0v) is 28.7. The number of ether oxygens (including phenoxy) is 2. The van der Waals surface area contributed by atoms with Crippen LogP contribution < -0.4 is 4.74 Å². The quantitative estimate of drug-likeness (QED) is 0.120. The van der Waals surface area contributed by atoms with Crippen molar-refractivity contribution >= 4 is 0 Å². The van der Waals surface area contributed by atoms with Gasteiger partial charge in [-0.2, -0.15) is 0 Å². The maximum atomic E-state index is 11.3. The maximum absolute atomic E-state index is 11.3. The molecule has 0 aliphatic rings. The van der Waals surface area contributed by atoms with Crippen LogP contribution in [0, 0.1) is 27.7 Å². The molecule has 0 spiro atoms. The van der Waals surface area contributed by atoms with Crippen LogP contribution in [-0.2, 0) is 4.74 Å². The summed E-state index contributed by atoms with van der Waals surface area (Å²) in [6.45, 7) is 15.5. The fourth-order valence-electron chi connectivity index (χ4n) is 5.65. The highest BCUT2D eigenvalue weighted by Crippen LogP contribution is 2.39. The molecule has 7 heteroatoms. The lowest BCUT2D eigenvalue weighted by molar-refractivity contribution is 0.0107. The Kier molecular flexibility index (Phi) is 12.7. The molecule has 4 rings (SSSR count). The van der Waals surface area contributed by atoms with Crippen molar-refractivity contribution in [3.05, 3.63) is 76.3 Å². The summed E-state index contributed by atoms with van der Waals surface area (Å²) in [5.41, 5.74) is 7.66. The molecule has 0 radical (unpaired) electrons. The number of aliphatic hydroxyl groups is 1. The van der Waals surface area contributed by atoms with E-state index in [0.29, 0.717) is 35.4 Å². The maximum Gasteiger partial charge on any atom is 0.167 e. The smallest absolute Gasteiger partial charge is 0.167 e. The topological polar surface area (TPSA) is 97.6 Å². The van der Waals surface area contributed by atoms with Crippen LogP contribution >= 0.6 is 0 Å². The van der Waals surface area contributed by atoms with Crippen molar-refractivity contribution in [2.24, 2.45) is 0 Å². The van der Waals surface area contributed by atoms with E-state index in [1.165, 1.54) is 25.7 Å². The van der Waals surface area contributed by atoms with Crippen LogP contribution in [0.1, 0.15) is 93.0 Å². The Morgan fingerprint density at radius 2 is 1.22 bits per heavy atom. The van der Waals surface area contributed by atoms with E-state index < -0.39 is 6.10 Å². The number of rotatable bonds is 16. The first-order valence-corrected chi connectivity index (χ1v) is 16.7. The Morgan fingerprint density at radius 1 is 0.674 bits per heavy atom. The van der Waals surface area contributed by atoms with Gasteiger partial charge in [0, 0.05) is 23.8 Å². The highest BCUT2D eigenvalue weighted by molar-refractivity contribution is 5.73. The van der Waals surface area contributed by atoms with E-state index in [1.807, 2.05) is 18.2 Å². The molecule has 0 saturated heterocycles. The first kappa shape index (κ1) is 35.1. The summed E-state index contributed by atoms with van der Waals surface area (Å²) in [5.74, 6) is 2.07. The van der Waals surface area contributed by atoms with E-state index in [1.54, 1.807) is 6.07 Å². The molecule has 1 atom stereocenters. The van der Waals surface area contributed by atoms with Crippen LogP contribution in [0.4, 0.5) is 0 Å². The number of nitrogens with zero attached hydrogens (tertiary/aromatic N) is 3. The van der Waals surface area contributed by atoms with Crippen molar-refractivity contribution in [1.29, 1.82) is 0 Å². The monoisotopic (exact) mass is 625 g/mol. The largest absolute Gasteiger partial charge is 0.507 e. The minimum Gasteiger partial charge on any atom is -0.507 e. The summed E-state index contributed by atoms with van der Waals surface area (Å²) in [6.07, 6.45) is 6.39. The number of phenolic OH excluding ortho intramolecular Hbond substituents is 1. The molecule has 2 N–H and O–H groups in total. The fraction of sp³-hybridized carbons (Fsp3) is 0.462. The van der Waals surface area contributed by atoms with Crippen LogP contribution in [0.2, 0.25) is 0 Å². The fourth-order valence-corrected chi connectivity index (χ4v) is 5.65. The third-order valence-electron chi connectivity index (χ3n) is 8.26. The van der Waals surface area contributed by atoms with Crippen molar-refractivity contribution in [1.82, 2.24) is 15.0 Å². The van der Waals surface area contributed by atoms with Gasteiger partial charge >= 0.3 is 0 Å². The second-order valence-electron chi connectivity index (χ2n) is 12.8. The number of hydrogen-bond donors (Lipinski definition) is 2. The summed E-state index contributed by atoms with van der Waals surface area (Å²) in [5, 5.41) is 21.9. The van der Waals surface area contributed by atoms with Crippen LogP contribution in [0.25, 0.3) is 34.2 Å². The van der Waals surface area contributed by atoms with Gasteiger partial charge in [-0.1, -0.05) is 100 Å². The predicted octanol–water partition coefficient (Wildman–Crippen LogP) is 9.05. The second kappa shape index (κ2) is 16.7. The Balaban J connectivity index is 1.60. The lowest BCUT2D eigenvalue weighted by Gasteiger charge is -2.19. The summed E-state index contributed by atoms with van der Waals surface area (Å²) < 4.78 is 11.7. The number of phenols is 1. The van der Waals surface area contributed by atoms with Crippen molar-refractivity contribution in [3.8, 4) is 45.7 Å². The zero-order valence-electron chi connectivity index (χ0n) is 28.7. The zero-order chi connectivity index (χ0) is 33.2. The number of aromatic nitrogens is 3. The van der Waals surface area contributed by atoms with Gasteiger partial charge in [-0.15, -0.1) is 0 Å². The Hall–Kier alpha value is -3.81. The van der Waals surface area contributed by atoms with Crippen molar-refractivity contribution in [2.45, 2.75) is 99.0 Å². The number of hydrogen-bond acceptors (Lipinski definition) is 7. The highest BCUT2D eigenvalue weighted by atomic mass is 16.5. The Labute approximate surface area is 275 Å². The molecule has 0 bridgehead atoms. The SMILES string of the molecule is CCCCCCCCOCC(O)COc1cc(O)c(-c2nc(-c3ccc(C)cc3C)nc(-c3ccc(C)cc3C)n2)cc1C(C)C. The van der Waals surface area contributed by atoms with Gasteiger partial charge in [0.2, 0.25) is 0 Å². The predicted molar refractivity (Wildman–Crippen MR) is 187 cm³/mol. The first-order chi connectivity index (χ1) is 22.1. The van der Waals surface area contributed by atoms with Crippen molar-refractivity contribution in [2.75, 3.05) is 19.8 Å². The summed E-state index contributed by atoms with van der Waals surface area (Å²) in [6, 6.07) is 15.9. The Morgan fingerprint density at radius 3 is 1.76 bits per heavy atom. The van der Waals surface area contributed by atoms with E-state index in [2.05, 4.69) is 72.7 Å². The normalized spacial score (nSPS) is 12.1. The molecule has 0 amide bonds. The molecule has 0 aliphatic heterocycles. The molecule has 0 aliphatic carbocycles. The third-order valence-corrected chi connectivity index (χ3v) is 8.26. The van der Waals surface area contributed by atoms with E-state index >= 15 is 0 Å². The molecule has 46 heavy (non-hydrogen) atoms. The molecule has 1 heterocycles. The lowest BCUT2D eigenvalue weighted by Crippen LogP contribution is -2.24. The van der Waals surface area contributed by atoms with Gasteiger partial charge in [0.1, 0.15) is 24.2 Å². The molecule has 0 fully saturated rings. The van der Waals surface area contributed by atoms with Crippen molar-refractivity contribution in [3.63, 3.8) is 0 Å². The summed E-state index contributed by atoms with van der Waals surface area (Å²) >= 11 is 0. The minimum absolute atomic E-state index is 0.00225. The average molecular weight is 626 g/mol. The van der Waals surface area contributed by atoms with Crippen LogP contribution in [0.15, 0.2) is 48.5 Å². The lowest BCUT2D eigenvalue weighted by atomic mass is 9.98. The van der Waals surface area contributed by atoms with Crippen LogP contribution in [0.3, 0.4) is 0 Å². The van der Waals surface area contributed by atoms with Gasteiger partial charge in [-0.3, -0.25) is 0 Å². The van der Waals surface area contributed by atoms with E-state index in [0.717, 1.165) is 51.8 Å². The van der Waals surface area contributed by atoms with E-state index in [4.69, 9.17) is 24.4 Å². The number of aliphatic hydroxyl groups excluding tert-OH is 1. The average Bonchev–Trinajstić information content (AvgIpc) is 3.01. The van der Waals surface area contributed by atoms with Gasteiger partial charge in [0.15, 0.2) is 17.5 Å². The minimum atomic E-state index is -0.772. The van der Waals surface area contributed by atoms with E-state index in [9.17, 15) is 10.2 Å². The molecule has 3 aromatic carbocycles. The molecule has 1 aromatic heterocycles. The van der Waals surface area contributed by atoms with Gasteiger partial charge in [0.05, 0.1) is 12.2 Å². The van der Waals surface area contributed by atoms with Gasteiger partial charge in [0.25, 0.3) is 0 Å². The van der Waals surface area contributed by atoms with Crippen LogP contribution in [0.5, 0.6) is 11.5 Å². The molecule has 4 aromatic rings. The van der Waals surface area contributed by atoms with E-state index in [-0.39, 0.29) is 24.9 Å². The number of aromatic hydroxyl groups is 1. The molecule has 7 nitrogen and oxygen atoms in total. The molecular weight excluding hydrogens is 574 g/mol.